The van der Waals surface area contributed by atoms with Crippen molar-refractivity contribution >= 4 is 22.7 Å². The predicted octanol–water partition coefficient (Wildman–Crippen LogP) is 4.43. The van der Waals surface area contributed by atoms with E-state index in [9.17, 15) is 0 Å². The number of aromatic nitrogens is 1. The summed E-state index contributed by atoms with van der Waals surface area (Å²) in [6.07, 6.45) is 2.33. The Balaban J connectivity index is 1.89. The zero-order chi connectivity index (χ0) is 16.9. The molecule has 0 N–H and O–H groups in total. The van der Waals surface area contributed by atoms with Gasteiger partial charge in [-0.2, -0.15) is 4.57 Å². The summed E-state index contributed by atoms with van der Waals surface area (Å²) in [5.41, 5.74) is 6.50. The topological polar surface area (TPSA) is 7.12 Å². The van der Waals surface area contributed by atoms with E-state index in [0.29, 0.717) is 0 Å². The van der Waals surface area contributed by atoms with Crippen molar-refractivity contribution in [3.05, 3.63) is 77.6 Å². The first-order valence-corrected chi connectivity index (χ1v) is 8.43. The lowest BCUT2D eigenvalue weighted by molar-refractivity contribution is -0.646. The van der Waals surface area contributed by atoms with Gasteiger partial charge in [-0.25, -0.2) is 0 Å². The molecule has 1 aromatic heterocycles. The third-order valence-corrected chi connectivity index (χ3v) is 5.34. The number of allylic oxidation sites excluding steroid dienone is 1. The fourth-order valence-corrected chi connectivity index (χ4v) is 3.90. The monoisotopic (exact) mass is 315 g/mol. The highest BCUT2D eigenvalue weighted by atomic mass is 15.2. The van der Waals surface area contributed by atoms with Gasteiger partial charge < -0.3 is 4.90 Å². The molecule has 1 aliphatic heterocycles. The zero-order valence-electron chi connectivity index (χ0n) is 14.7. The smallest absolute Gasteiger partial charge is 0.212 e. The van der Waals surface area contributed by atoms with Gasteiger partial charge in [0.2, 0.25) is 11.2 Å². The molecular weight excluding hydrogens is 292 g/mol. The van der Waals surface area contributed by atoms with Gasteiger partial charge in [-0.05, 0) is 23.8 Å². The van der Waals surface area contributed by atoms with Gasteiger partial charge in [-0.1, -0.05) is 44.2 Å². The van der Waals surface area contributed by atoms with Gasteiger partial charge in [0.05, 0.1) is 0 Å². The molecule has 4 rings (SSSR count). The van der Waals surface area contributed by atoms with Crippen LogP contribution >= 0.6 is 0 Å². The van der Waals surface area contributed by atoms with Crippen LogP contribution in [0.25, 0.3) is 17.0 Å². The lowest BCUT2D eigenvalue weighted by atomic mass is 9.83. The first kappa shape index (κ1) is 14.9. The average molecular weight is 315 g/mol. The summed E-state index contributed by atoms with van der Waals surface area (Å²) in [4.78, 5) is 2.32. The van der Waals surface area contributed by atoms with Crippen LogP contribution in [0.3, 0.4) is 0 Å². The Labute approximate surface area is 143 Å². The highest BCUT2D eigenvalue weighted by molar-refractivity contribution is 5.78. The van der Waals surface area contributed by atoms with E-state index in [-0.39, 0.29) is 5.41 Å². The van der Waals surface area contributed by atoms with Crippen LogP contribution < -0.4 is 9.47 Å². The summed E-state index contributed by atoms with van der Waals surface area (Å²) in [6.45, 7) is 4.62. The van der Waals surface area contributed by atoms with Crippen molar-refractivity contribution in [2.75, 3.05) is 11.9 Å². The second kappa shape index (κ2) is 5.20. The van der Waals surface area contributed by atoms with Crippen LogP contribution in [0, 0.1) is 0 Å². The summed E-state index contributed by atoms with van der Waals surface area (Å²) in [5.74, 6) is 0. The molecule has 24 heavy (non-hydrogen) atoms. The molecular formula is C22H23N2+. The van der Waals surface area contributed by atoms with Crippen molar-refractivity contribution in [2.24, 2.45) is 7.05 Å². The SMILES string of the molecule is CN1/C(=C\c2ccc3ccccc3[n+]2C)C(C)(C)c2ccccc21. The molecule has 2 heterocycles. The Hall–Kier alpha value is -2.61. The quantitative estimate of drug-likeness (QED) is 0.602. The minimum Gasteiger partial charge on any atom is -0.347 e. The fraction of sp³-hybridized carbons (Fsp3) is 0.227. The Bertz CT molecular complexity index is 967. The van der Waals surface area contributed by atoms with Crippen molar-refractivity contribution in [1.29, 1.82) is 0 Å². The number of pyridine rings is 1. The first-order valence-electron chi connectivity index (χ1n) is 8.43. The third kappa shape index (κ3) is 2.06. The highest BCUT2D eigenvalue weighted by Crippen LogP contribution is 2.47. The van der Waals surface area contributed by atoms with Crippen molar-refractivity contribution in [1.82, 2.24) is 0 Å². The summed E-state index contributed by atoms with van der Waals surface area (Å²) in [6, 6.07) is 21.6. The maximum atomic E-state index is 2.33. The third-order valence-electron chi connectivity index (χ3n) is 5.34. The van der Waals surface area contributed by atoms with Crippen LogP contribution in [-0.2, 0) is 12.5 Å². The highest BCUT2D eigenvalue weighted by Gasteiger charge is 2.38. The van der Waals surface area contributed by atoms with E-state index in [1.807, 2.05) is 0 Å². The summed E-state index contributed by atoms with van der Waals surface area (Å²) in [5, 5.41) is 1.27. The first-order chi connectivity index (χ1) is 11.5. The molecule has 0 atom stereocenters. The predicted molar refractivity (Wildman–Crippen MR) is 101 cm³/mol. The van der Waals surface area contributed by atoms with Crippen molar-refractivity contribution in [2.45, 2.75) is 19.3 Å². The van der Waals surface area contributed by atoms with Crippen molar-refractivity contribution in [3.63, 3.8) is 0 Å². The summed E-state index contributed by atoms with van der Waals surface area (Å²) in [7, 11) is 4.31. The van der Waals surface area contributed by atoms with Crippen LogP contribution in [0.15, 0.2) is 66.4 Å². The molecule has 0 aliphatic carbocycles. The number of benzene rings is 2. The molecule has 2 heteroatoms. The molecule has 3 aromatic rings. The van der Waals surface area contributed by atoms with Gasteiger partial charge in [0.1, 0.15) is 7.05 Å². The number of hydrogen-bond acceptors (Lipinski definition) is 1. The van der Waals surface area contributed by atoms with E-state index >= 15 is 0 Å². The number of fused-ring (bicyclic) bond motifs is 2. The number of para-hydroxylation sites is 2. The number of nitrogens with zero attached hydrogens (tertiary/aromatic N) is 2. The number of anilines is 1. The molecule has 1 aliphatic rings. The number of rotatable bonds is 1. The average Bonchev–Trinajstić information content (AvgIpc) is 2.78. The summed E-state index contributed by atoms with van der Waals surface area (Å²) >= 11 is 0. The van der Waals surface area contributed by atoms with Crippen LogP contribution in [-0.4, -0.2) is 7.05 Å². The molecule has 0 radical (unpaired) electrons. The molecule has 0 unspecified atom stereocenters. The van der Waals surface area contributed by atoms with Crippen LogP contribution in [0.2, 0.25) is 0 Å². The second-order valence-electron chi connectivity index (χ2n) is 7.11. The Morgan fingerprint density at radius 3 is 2.42 bits per heavy atom. The molecule has 0 fully saturated rings. The maximum absolute atomic E-state index is 2.33. The van der Waals surface area contributed by atoms with E-state index in [4.69, 9.17) is 0 Å². The van der Waals surface area contributed by atoms with Crippen LogP contribution in [0.4, 0.5) is 5.69 Å². The number of aryl methyl sites for hydroxylation is 1. The zero-order valence-corrected chi connectivity index (χ0v) is 14.7. The minimum absolute atomic E-state index is 0.00396. The van der Waals surface area contributed by atoms with Crippen molar-refractivity contribution in [3.8, 4) is 0 Å². The van der Waals surface area contributed by atoms with E-state index in [0.717, 1.165) is 0 Å². The summed E-state index contributed by atoms with van der Waals surface area (Å²) < 4.78 is 2.27. The Kier molecular flexibility index (Phi) is 3.24. The molecule has 0 spiro atoms. The van der Waals surface area contributed by atoms with E-state index < -0.39 is 0 Å². The lowest BCUT2D eigenvalue weighted by Crippen LogP contribution is -2.33. The van der Waals surface area contributed by atoms with E-state index in [2.05, 4.69) is 104 Å². The van der Waals surface area contributed by atoms with Gasteiger partial charge in [0.15, 0.2) is 0 Å². The van der Waals surface area contributed by atoms with Gasteiger partial charge in [-0.3, -0.25) is 0 Å². The number of likely N-dealkylation sites (N-methyl/N-ethyl adjacent to an activating group) is 1. The fourth-order valence-electron chi connectivity index (χ4n) is 3.90. The largest absolute Gasteiger partial charge is 0.347 e. The Morgan fingerprint density at radius 2 is 1.62 bits per heavy atom. The van der Waals surface area contributed by atoms with Gasteiger partial charge in [0, 0.05) is 47.4 Å². The van der Waals surface area contributed by atoms with Crippen molar-refractivity contribution < 1.29 is 4.57 Å². The molecule has 2 nitrogen and oxygen atoms in total. The van der Waals surface area contributed by atoms with Crippen LogP contribution in [0.5, 0.6) is 0 Å². The molecule has 0 saturated carbocycles. The Morgan fingerprint density at radius 1 is 0.917 bits per heavy atom. The molecule has 2 aromatic carbocycles. The minimum atomic E-state index is 0.00396. The van der Waals surface area contributed by atoms with Crippen LogP contribution in [0.1, 0.15) is 25.1 Å². The van der Waals surface area contributed by atoms with Gasteiger partial charge in [0.25, 0.3) is 0 Å². The van der Waals surface area contributed by atoms with Gasteiger partial charge in [-0.15, -0.1) is 0 Å². The maximum Gasteiger partial charge on any atom is 0.212 e. The van der Waals surface area contributed by atoms with E-state index in [1.165, 1.54) is 33.5 Å². The molecule has 120 valence electrons. The number of hydrogen-bond donors (Lipinski definition) is 0. The molecule has 0 amide bonds. The molecule has 0 saturated heterocycles. The standard InChI is InChI=1S/C22H23N2/c1-22(2)18-10-6-8-12-20(18)24(4)21(22)15-17-14-13-16-9-5-7-11-19(16)23(17)3/h5-15H,1-4H3/q+1. The normalized spacial score (nSPS) is 17.5. The molecule has 0 bridgehead atoms. The lowest BCUT2D eigenvalue weighted by Gasteiger charge is -2.23. The van der Waals surface area contributed by atoms with E-state index in [1.54, 1.807) is 0 Å². The second-order valence-corrected chi connectivity index (χ2v) is 7.11. The van der Waals surface area contributed by atoms with Gasteiger partial charge >= 0.3 is 0 Å².